The van der Waals surface area contributed by atoms with Gasteiger partial charge < -0.3 is 4.90 Å². The summed E-state index contributed by atoms with van der Waals surface area (Å²) < 4.78 is 38.0. The van der Waals surface area contributed by atoms with Crippen molar-refractivity contribution in [1.82, 2.24) is 4.98 Å². The van der Waals surface area contributed by atoms with Crippen LogP contribution in [0.5, 0.6) is 0 Å². The topological polar surface area (TPSA) is 16.1 Å². The lowest BCUT2D eigenvalue weighted by molar-refractivity contribution is -0.137. The van der Waals surface area contributed by atoms with E-state index >= 15 is 0 Å². The number of hydrogen-bond donors (Lipinski definition) is 0. The van der Waals surface area contributed by atoms with Gasteiger partial charge in [0, 0.05) is 18.8 Å². The van der Waals surface area contributed by atoms with Crippen LogP contribution in [-0.4, -0.2) is 29.6 Å². The first-order valence-corrected chi connectivity index (χ1v) is 6.96. The van der Waals surface area contributed by atoms with E-state index in [0.29, 0.717) is 0 Å². The summed E-state index contributed by atoms with van der Waals surface area (Å²) in [7, 11) is 1.76. The van der Waals surface area contributed by atoms with Crippen LogP contribution in [0, 0.1) is 0 Å². The van der Waals surface area contributed by atoms with E-state index < -0.39 is 11.7 Å². The molecule has 0 saturated carbocycles. The second-order valence-electron chi connectivity index (χ2n) is 4.16. The van der Waals surface area contributed by atoms with Gasteiger partial charge in [0.1, 0.15) is 11.0 Å². The Bertz CT molecular complexity index is 433. The number of aromatic nitrogens is 1. The first kappa shape index (κ1) is 13.8. The van der Waals surface area contributed by atoms with Gasteiger partial charge in [-0.05, 0) is 24.3 Å². The van der Waals surface area contributed by atoms with Gasteiger partial charge in [-0.25, -0.2) is 4.98 Å². The van der Waals surface area contributed by atoms with Gasteiger partial charge in [-0.3, -0.25) is 0 Å². The third-order valence-electron chi connectivity index (χ3n) is 2.92. The Morgan fingerprint density at radius 1 is 1.44 bits per heavy atom. The van der Waals surface area contributed by atoms with Gasteiger partial charge >= 0.3 is 6.18 Å². The second kappa shape index (κ2) is 5.17. The summed E-state index contributed by atoms with van der Waals surface area (Å²) in [6.45, 7) is 0. The van der Waals surface area contributed by atoms with Crippen LogP contribution in [0.2, 0.25) is 5.15 Å². The van der Waals surface area contributed by atoms with Crippen molar-refractivity contribution in [3.8, 4) is 0 Å². The van der Waals surface area contributed by atoms with Crippen LogP contribution in [-0.2, 0) is 6.18 Å². The Morgan fingerprint density at radius 2 is 2.17 bits per heavy atom. The molecule has 1 aliphatic rings. The average Bonchev–Trinajstić information content (AvgIpc) is 2.79. The summed E-state index contributed by atoms with van der Waals surface area (Å²) in [5, 5.41) is -0.127. The molecule has 0 spiro atoms. The molecule has 2 heterocycles. The average molecular weight is 297 g/mol. The summed E-state index contributed by atoms with van der Waals surface area (Å²) in [5.74, 6) is 2.22. The van der Waals surface area contributed by atoms with Crippen molar-refractivity contribution >= 4 is 29.2 Å². The van der Waals surface area contributed by atoms with Crippen molar-refractivity contribution in [2.75, 3.05) is 23.5 Å². The Labute approximate surface area is 113 Å². The molecule has 0 amide bonds. The number of alkyl halides is 3. The Balaban J connectivity index is 2.29. The molecule has 1 aromatic heterocycles. The highest BCUT2D eigenvalue weighted by Crippen LogP contribution is 2.34. The maximum absolute atomic E-state index is 12.7. The number of halogens is 4. The molecule has 100 valence electrons. The fourth-order valence-electron chi connectivity index (χ4n) is 1.84. The van der Waals surface area contributed by atoms with E-state index in [1.165, 1.54) is 0 Å². The molecular formula is C11H12ClF3N2S. The highest BCUT2D eigenvalue weighted by molar-refractivity contribution is 7.99. The fraction of sp³-hybridized carbons (Fsp3) is 0.545. The minimum atomic E-state index is -4.40. The number of anilines is 1. The number of thioether (sulfide) groups is 1. The molecule has 0 N–H and O–H groups in total. The quantitative estimate of drug-likeness (QED) is 0.774. The first-order valence-electron chi connectivity index (χ1n) is 5.43. The van der Waals surface area contributed by atoms with E-state index in [9.17, 15) is 13.2 Å². The van der Waals surface area contributed by atoms with Crippen LogP contribution in [0.3, 0.4) is 0 Å². The molecule has 1 atom stereocenters. The van der Waals surface area contributed by atoms with Crippen molar-refractivity contribution in [2.24, 2.45) is 0 Å². The summed E-state index contributed by atoms with van der Waals surface area (Å²) in [6.07, 6.45) is -3.44. The molecule has 1 fully saturated rings. The van der Waals surface area contributed by atoms with Crippen LogP contribution in [0.25, 0.3) is 0 Å². The van der Waals surface area contributed by atoms with E-state index in [2.05, 4.69) is 4.98 Å². The first-order chi connectivity index (χ1) is 8.38. The minimum absolute atomic E-state index is 0.127. The zero-order valence-corrected chi connectivity index (χ0v) is 11.2. The lowest BCUT2D eigenvalue weighted by Gasteiger charge is -2.25. The third kappa shape index (κ3) is 3.03. The molecule has 1 aromatic rings. The monoisotopic (exact) mass is 296 g/mol. The predicted octanol–water partition coefficient (Wildman–Crippen LogP) is 3.70. The Kier molecular flexibility index (Phi) is 3.96. The molecule has 1 unspecified atom stereocenters. The van der Waals surface area contributed by atoms with Crippen molar-refractivity contribution in [2.45, 2.75) is 18.6 Å². The molecule has 1 saturated heterocycles. The maximum Gasteiger partial charge on any atom is 0.416 e. The summed E-state index contributed by atoms with van der Waals surface area (Å²) in [6, 6.07) is 2.12. The number of hydrogen-bond acceptors (Lipinski definition) is 3. The predicted molar refractivity (Wildman–Crippen MR) is 68.4 cm³/mol. The molecule has 1 aliphatic heterocycles. The lowest BCUT2D eigenvalue weighted by atomic mass is 10.2. The van der Waals surface area contributed by atoms with Crippen LogP contribution in [0.4, 0.5) is 19.0 Å². The van der Waals surface area contributed by atoms with Gasteiger partial charge in [0.15, 0.2) is 0 Å². The fourth-order valence-corrected chi connectivity index (χ4v) is 3.31. The standard InChI is InChI=1S/C11H12ClF3N2S/c1-17(8-2-3-18-6-8)10-5-7(11(13,14)15)4-9(12)16-10/h4-5,8H,2-3,6H2,1H3. The molecule has 7 heteroatoms. The van der Waals surface area contributed by atoms with Gasteiger partial charge in [-0.1, -0.05) is 11.6 Å². The molecule has 0 aromatic carbocycles. The number of rotatable bonds is 2. The van der Waals surface area contributed by atoms with E-state index in [-0.39, 0.29) is 17.0 Å². The highest BCUT2D eigenvalue weighted by atomic mass is 35.5. The van der Waals surface area contributed by atoms with E-state index in [4.69, 9.17) is 11.6 Å². The van der Waals surface area contributed by atoms with Gasteiger partial charge in [0.25, 0.3) is 0 Å². The highest BCUT2D eigenvalue weighted by Gasteiger charge is 2.32. The zero-order chi connectivity index (χ0) is 13.3. The van der Waals surface area contributed by atoms with Crippen LogP contribution in [0.1, 0.15) is 12.0 Å². The van der Waals surface area contributed by atoms with Crippen molar-refractivity contribution < 1.29 is 13.2 Å². The van der Waals surface area contributed by atoms with E-state index in [0.717, 1.165) is 30.1 Å². The second-order valence-corrected chi connectivity index (χ2v) is 5.70. The van der Waals surface area contributed by atoms with Gasteiger partial charge in [0.2, 0.25) is 0 Å². The van der Waals surface area contributed by atoms with E-state index in [1.807, 2.05) is 0 Å². The smallest absolute Gasteiger partial charge is 0.356 e. The van der Waals surface area contributed by atoms with Crippen molar-refractivity contribution in [3.63, 3.8) is 0 Å². The molecule has 0 aliphatic carbocycles. The summed E-state index contributed by atoms with van der Waals surface area (Å²) >= 11 is 7.46. The maximum atomic E-state index is 12.7. The molecule has 2 nitrogen and oxygen atoms in total. The van der Waals surface area contributed by atoms with Gasteiger partial charge in [0.05, 0.1) is 5.56 Å². The van der Waals surface area contributed by atoms with Crippen molar-refractivity contribution in [3.05, 3.63) is 22.8 Å². The molecule has 0 radical (unpaired) electrons. The van der Waals surface area contributed by atoms with Crippen LogP contribution in [0.15, 0.2) is 12.1 Å². The SMILES string of the molecule is CN(c1cc(C(F)(F)F)cc(Cl)n1)C1CCSC1. The Morgan fingerprint density at radius 3 is 2.72 bits per heavy atom. The molecular weight excluding hydrogens is 285 g/mol. The largest absolute Gasteiger partial charge is 0.416 e. The lowest BCUT2D eigenvalue weighted by Crippen LogP contribution is -2.32. The van der Waals surface area contributed by atoms with E-state index in [1.54, 1.807) is 23.7 Å². The van der Waals surface area contributed by atoms with Gasteiger partial charge in [-0.2, -0.15) is 24.9 Å². The van der Waals surface area contributed by atoms with Crippen LogP contribution < -0.4 is 4.90 Å². The van der Waals surface area contributed by atoms with Crippen LogP contribution >= 0.6 is 23.4 Å². The normalized spacial score (nSPS) is 20.2. The summed E-state index contributed by atoms with van der Waals surface area (Å²) in [5.41, 5.74) is -0.755. The number of nitrogens with zero attached hydrogens (tertiary/aromatic N) is 2. The number of pyridine rings is 1. The third-order valence-corrected chi connectivity index (χ3v) is 4.26. The summed E-state index contributed by atoms with van der Waals surface area (Å²) in [4.78, 5) is 5.75. The molecule has 18 heavy (non-hydrogen) atoms. The van der Waals surface area contributed by atoms with Crippen molar-refractivity contribution in [1.29, 1.82) is 0 Å². The Hall–Kier alpha value is -0.620. The minimum Gasteiger partial charge on any atom is -0.356 e. The zero-order valence-electron chi connectivity index (χ0n) is 9.67. The molecule has 0 bridgehead atoms. The van der Waals surface area contributed by atoms with Gasteiger partial charge in [-0.15, -0.1) is 0 Å². The molecule has 2 rings (SSSR count).